The quantitative estimate of drug-likeness (QED) is 0.350. The molecule has 3 N–H and O–H groups in total. The van der Waals surface area contributed by atoms with Crippen molar-refractivity contribution in [1.29, 1.82) is 0 Å². The summed E-state index contributed by atoms with van der Waals surface area (Å²) in [5, 5.41) is 16.4. The zero-order valence-corrected chi connectivity index (χ0v) is 20.9. The summed E-state index contributed by atoms with van der Waals surface area (Å²) in [6.07, 6.45) is 3.52. The van der Waals surface area contributed by atoms with Crippen LogP contribution < -0.4 is 10.6 Å². The Balaban J connectivity index is 1.21. The highest BCUT2D eigenvalue weighted by Crippen LogP contribution is 2.18. The molecule has 0 aromatic heterocycles. The van der Waals surface area contributed by atoms with Crippen molar-refractivity contribution in [2.45, 2.75) is 32.0 Å². The fourth-order valence-electron chi connectivity index (χ4n) is 4.39. The van der Waals surface area contributed by atoms with Crippen LogP contribution in [0, 0.1) is 0 Å². The molecule has 1 aromatic carbocycles. The number of amides is 1. The maximum absolute atomic E-state index is 12.6. The van der Waals surface area contributed by atoms with E-state index in [0.29, 0.717) is 32.0 Å². The lowest BCUT2D eigenvalue weighted by Crippen LogP contribution is -2.42. The van der Waals surface area contributed by atoms with E-state index in [1.165, 1.54) is 11.1 Å². The molecule has 11 heteroatoms. The molecule has 0 radical (unpaired) electrons. The molecule has 0 spiro atoms. The van der Waals surface area contributed by atoms with Gasteiger partial charge in [-0.05, 0) is 17.5 Å². The number of nitrogens with zero attached hydrogens (tertiary/aromatic N) is 4. The van der Waals surface area contributed by atoms with Gasteiger partial charge in [0.1, 0.15) is 11.5 Å². The van der Waals surface area contributed by atoms with Gasteiger partial charge in [0.15, 0.2) is 9.84 Å². The number of carbonyl (C=O) groups is 1. The monoisotopic (exact) mass is 502 g/mol. The number of β-amino-alcohol motifs (C(OH)–C–C–N with tert-alkyl or cyclic N) is 1. The number of hydrogen-bond donors (Lipinski definition) is 3. The summed E-state index contributed by atoms with van der Waals surface area (Å²) in [6.45, 7) is 5.53. The Kier molecular flexibility index (Phi) is 8.32. The molecule has 190 valence electrons. The van der Waals surface area contributed by atoms with Gasteiger partial charge in [0.2, 0.25) is 0 Å². The molecule has 0 aliphatic carbocycles. The third kappa shape index (κ3) is 6.97. The number of fused-ring (bicyclic) bond motifs is 2. The summed E-state index contributed by atoms with van der Waals surface area (Å²) in [5.74, 6) is 0.562. The van der Waals surface area contributed by atoms with Crippen molar-refractivity contribution >= 4 is 27.9 Å². The smallest absolute Gasteiger partial charge is 0.270 e. The largest absolute Gasteiger partial charge is 0.390 e. The maximum Gasteiger partial charge on any atom is 0.270 e. The van der Waals surface area contributed by atoms with E-state index in [1.807, 2.05) is 11.0 Å². The Labute approximate surface area is 206 Å². The summed E-state index contributed by atoms with van der Waals surface area (Å²) in [4.78, 5) is 25.5. The molecule has 3 aliphatic rings. The van der Waals surface area contributed by atoms with Crippen molar-refractivity contribution in [3.63, 3.8) is 0 Å². The molecular formula is C24H34N6O4S. The first-order chi connectivity index (χ1) is 16.8. The normalized spacial score (nSPS) is 20.6. The van der Waals surface area contributed by atoms with E-state index in [0.717, 1.165) is 19.5 Å². The van der Waals surface area contributed by atoms with Crippen molar-refractivity contribution in [3.8, 4) is 0 Å². The van der Waals surface area contributed by atoms with Gasteiger partial charge in [-0.1, -0.05) is 31.2 Å². The van der Waals surface area contributed by atoms with Crippen molar-refractivity contribution in [3.05, 3.63) is 47.2 Å². The van der Waals surface area contributed by atoms with Crippen LogP contribution in [0.3, 0.4) is 0 Å². The summed E-state index contributed by atoms with van der Waals surface area (Å²) in [7, 11) is -2.99. The minimum absolute atomic E-state index is 0.0454. The molecule has 3 aliphatic heterocycles. The average molecular weight is 503 g/mol. The molecule has 2 unspecified atom stereocenters. The van der Waals surface area contributed by atoms with Crippen LogP contribution in [0.2, 0.25) is 0 Å². The summed E-state index contributed by atoms with van der Waals surface area (Å²) in [5.41, 5.74) is 2.90. The number of benzene rings is 1. The van der Waals surface area contributed by atoms with Crippen LogP contribution in [0.15, 0.2) is 46.0 Å². The second-order valence-corrected chi connectivity index (χ2v) is 11.6. The third-order valence-corrected chi connectivity index (χ3v) is 8.14. The van der Waals surface area contributed by atoms with E-state index < -0.39 is 15.9 Å². The minimum Gasteiger partial charge on any atom is -0.390 e. The van der Waals surface area contributed by atoms with Gasteiger partial charge in [-0.3, -0.25) is 14.7 Å². The summed E-state index contributed by atoms with van der Waals surface area (Å²) < 4.78 is 23.2. The van der Waals surface area contributed by atoms with Crippen LogP contribution in [0.4, 0.5) is 0 Å². The molecular weight excluding hydrogens is 468 g/mol. The van der Waals surface area contributed by atoms with Crippen LogP contribution in [0.25, 0.3) is 0 Å². The van der Waals surface area contributed by atoms with E-state index in [2.05, 4.69) is 43.7 Å². The van der Waals surface area contributed by atoms with Gasteiger partial charge in [0.25, 0.3) is 5.91 Å². The van der Waals surface area contributed by atoms with Gasteiger partial charge < -0.3 is 20.6 Å². The number of aliphatic hydroxyl groups excluding tert-OH is 1. The van der Waals surface area contributed by atoms with Gasteiger partial charge in [0, 0.05) is 57.6 Å². The van der Waals surface area contributed by atoms with Crippen LogP contribution in [-0.2, 0) is 27.6 Å². The summed E-state index contributed by atoms with van der Waals surface area (Å²) in [6, 6.07) is 8.31. The highest BCUT2D eigenvalue weighted by Gasteiger charge is 2.27. The van der Waals surface area contributed by atoms with Crippen molar-refractivity contribution < 1.29 is 18.3 Å². The predicted octanol–water partition coefficient (Wildman–Crippen LogP) is -0.445. The van der Waals surface area contributed by atoms with E-state index in [4.69, 9.17) is 0 Å². The van der Waals surface area contributed by atoms with E-state index in [-0.39, 0.29) is 35.7 Å². The zero-order chi connectivity index (χ0) is 24.8. The Hall–Kier alpha value is -2.60. The first kappa shape index (κ1) is 25.5. The van der Waals surface area contributed by atoms with Gasteiger partial charge in [0.05, 0.1) is 24.2 Å². The number of aliphatic imine (C=N–C) groups is 2. The second-order valence-electron chi connectivity index (χ2n) is 9.13. The first-order valence-corrected chi connectivity index (χ1v) is 13.9. The highest BCUT2D eigenvalue weighted by atomic mass is 32.2. The standard InChI is InChI=1S/C24H34N6O4S/c1-2-35(33,34)10-8-25-12-20-15-30-17-27-22(11-23(30)28-20)24(32)26-13-21(31)16-29-9-7-18-5-3-4-6-19(18)14-29/h3-6,11,17,20-21,25,31H,2,7-10,12-16H2,1H3,(H,26,32). The van der Waals surface area contributed by atoms with Crippen LogP contribution in [0.5, 0.6) is 0 Å². The first-order valence-electron chi connectivity index (χ1n) is 12.1. The van der Waals surface area contributed by atoms with Crippen molar-refractivity contribution in [1.82, 2.24) is 20.4 Å². The number of rotatable bonds is 11. The number of nitrogens with one attached hydrogen (secondary N) is 2. The molecule has 10 nitrogen and oxygen atoms in total. The lowest BCUT2D eigenvalue weighted by molar-refractivity contribution is -0.118. The van der Waals surface area contributed by atoms with E-state index >= 15 is 0 Å². The Morgan fingerprint density at radius 3 is 2.89 bits per heavy atom. The van der Waals surface area contributed by atoms with Gasteiger partial charge in [-0.2, -0.15) is 0 Å². The number of amidine groups is 1. The van der Waals surface area contributed by atoms with Gasteiger partial charge in [-0.15, -0.1) is 0 Å². The topological polar surface area (TPSA) is 127 Å². The molecule has 3 heterocycles. The van der Waals surface area contributed by atoms with Crippen LogP contribution >= 0.6 is 0 Å². The predicted molar refractivity (Wildman–Crippen MR) is 136 cm³/mol. The molecule has 35 heavy (non-hydrogen) atoms. The van der Waals surface area contributed by atoms with Gasteiger partial charge in [-0.25, -0.2) is 13.4 Å². The van der Waals surface area contributed by atoms with E-state index in [1.54, 1.807) is 19.3 Å². The molecule has 0 saturated heterocycles. The Morgan fingerprint density at radius 2 is 2.09 bits per heavy atom. The summed E-state index contributed by atoms with van der Waals surface area (Å²) >= 11 is 0. The molecule has 0 bridgehead atoms. The molecule has 1 aromatic rings. The number of hydrogen-bond acceptors (Lipinski definition) is 9. The van der Waals surface area contributed by atoms with Crippen molar-refractivity contribution in [2.75, 3.05) is 50.8 Å². The Morgan fingerprint density at radius 1 is 1.29 bits per heavy atom. The number of sulfone groups is 1. The lowest BCUT2D eigenvalue weighted by Gasteiger charge is -2.30. The molecule has 2 atom stereocenters. The molecule has 0 fully saturated rings. The Bertz CT molecular complexity index is 1120. The third-order valence-electron chi connectivity index (χ3n) is 6.44. The maximum atomic E-state index is 12.6. The molecule has 1 amide bonds. The average Bonchev–Trinajstić information content (AvgIpc) is 3.27. The fourth-order valence-corrected chi connectivity index (χ4v) is 5.13. The number of aliphatic hydroxyl groups is 1. The van der Waals surface area contributed by atoms with Crippen LogP contribution in [-0.4, -0.2) is 104 Å². The number of carbonyl (C=O) groups excluding carboxylic acids is 1. The zero-order valence-electron chi connectivity index (χ0n) is 20.1. The molecule has 4 rings (SSSR count). The van der Waals surface area contributed by atoms with Crippen molar-refractivity contribution in [2.24, 2.45) is 9.98 Å². The fraction of sp³-hybridized carbons (Fsp3) is 0.542. The van der Waals surface area contributed by atoms with E-state index in [9.17, 15) is 18.3 Å². The van der Waals surface area contributed by atoms with Crippen LogP contribution in [0.1, 0.15) is 18.1 Å². The van der Waals surface area contributed by atoms with Gasteiger partial charge >= 0.3 is 0 Å². The SMILES string of the molecule is CCS(=O)(=O)CCNCC1CN2C=NC(C(=O)NCC(O)CN3CCc4ccccc4C3)=CC2=N1. The highest BCUT2D eigenvalue weighted by molar-refractivity contribution is 7.91. The second kappa shape index (κ2) is 11.4. The minimum atomic E-state index is -2.99. The molecule has 0 saturated carbocycles. The lowest BCUT2D eigenvalue weighted by atomic mass is 10.00.